The number of imidazole rings is 1. The molecular weight excluding hydrogens is 282 g/mol. The van der Waals surface area contributed by atoms with E-state index in [0.29, 0.717) is 17.0 Å². The van der Waals surface area contributed by atoms with Crippen molar-refractivity contribution in [2.24, 2.45) is 11.1 Å². The molecular formula is C16H17N3OS. The number of ketones is 1. The highest BCUT2D eigenvalue weighted by atomic mass is 32.1. The van der Waals surface area contributed by atoms with Crippen LogP contribution in [0.1, 0.15) is 36.0 Å². The van der Waals surface area contributed by atoms with Gasteiger partial charge in [-0.1, -0.05) is 18.6 Å². The van der Waals surface area contributed by atoms with Crippen LogP contribution < -0.4 is 5.73 Å². The number of rotatable bonds is 5. The molecule has 2 N–H and O–H groups in total. The fourth-order valence-corrected chi connectivity index (χ4v) is 3.03. The number of hydrogen-bond acceptors (Lipinski definition) is 3. The highest BCUT2D eigenvalue weighted by Crippen LogP contribution is 2.44. The third-order valence-corrected chi connectivity index (χ3v) is 4.76. The zero-order chi connectivity index (χ0) is 14.9. The zero-order valence-electron chi connectivity index (χ0n) is 11.7. The standard InChI is InChI=1S/C16H17N3OS/c17-15(21)16(6-1-7-16)10-14(20)12-2-4-13(5-3-12)19-9-8-18-11-19/h2-5,8-9,11H,1,6-7,10H2,(H2,17,21). The molecule has 1 aromatic carbocycles. The van der Waals surface area contributed by atoms with Crippen LogP contribution in [-0.2, 0) is 0 Å². The van der Waals surface area contributed by atoms with Crippen molar-refractivity contribution in [3.63, 3.8) is 0 Å². The number of carbonyl (C=O) groups excluding carboxylic acids is 1. The number of nitrogens with zero attached hydrogens (tertiary/aromatic N) is 2. The summed E-state index contributed by atoms with van der Waals surface area (Å²) in [6.07, 6.45) is 8.71. The van der Waals surface area contributed by atoms with Gasteiger partial charge in [0.25, 0.3) is 0 Å². The van der Waals surface area contributed by atoms with E-state index in [1.807, 2.05) is 35.0 Å². The molecule has 2 aromatic rings. The van der Waals surface area contributed by atoms with Crippen LogP contribution in [0.4, 0.5) is 0 Å². The third-order valence-electron chi connectivity index (χ3n) is 4.32. The maximum atomic E-state index is 12.4. The van der Waals surface area contributed by atoms with Gasteiger partial charge in [-0.15, -0.1) is 0 Å². The molecule has 1 fully saturated rings. The first-order valence-electron chi connectivity index (χ1n) is 7.02. The fourth-order valence-electron chi connectivity index (χ4n) is 2.75. The maximum Gasteiger partial charge on any atom is 0.163 e. The lowest BCUT2D eigenvalue weighted by Gasteiger charge is -2.40. The smallest absolute Gasteiger partial charge is 0.163 e. The van der Waals surface area contributed by atoms with E-state index in [4.69, 9.17) is 18.0 Å². The van der Waals surface area contributed by atoms with Crippen LogP contribution >= 0.6 is 12.2 Å². The summed E-state index contributed by atoms with van der Waals surface area (Å²) in [7, 11) is 0. The lowest BCUT2D eigenvalue weighted by Crippen LogP contribution is -2.43. The van der Waals surface area contributed by atoms with Gasteiger partial charge in [0, 0.05) is 35.5 Å². The second-order valence-electron chi connectivity index (χ2n) is 5.61. The lowest BCUT2D eigenvalue weighted by molar-refractivity contribution is 0.0896. The highest BCUT2D eigenvalue weighted by molar-refractivity contribution is 7.80. The molecule has 0 radical (unpaired) electrons. The molecule has 1 aliphatic rings. The monoisotopic (exact) mass is 299 g/mol. The van der Waals surface area contributed by atoms with Gasteiger partial charge in [-0.2, -0.15) is 0 Å². The minimum absolute atomic E-state index is 0.111. The number of carbonyl (C=O) groups is 1. The average Bonchev–Trinajstić information content (AvgIpc) is 2.96. The Labute approximate surface area is 129 Å². The molecule has 0 bridgehead atoms. The van der Waals surface area contributed by atoms with Crippen molar-refractivity contribution in [3.05, 3.63) is 48.5 Å². The lowest BCUT2D eigenvalue weighted by atomic mass is 9.65. The molecule has 1 aromatic heterocycles. The average molecular weight is 299 g/mol. The van der Waals surface area contributed by atoms with Crippen molar-refractivity contribution in [2.45, 2.75) is 25.7 Å². The molecule has 108 valence electrons. The van der Waals surface area contributed by atoms with E-state index in [9.17, 15) is 4.79 Å². The van der Waals surface area contributed by atoms with Crippen molar-refractivity contribution in [1.82, 2.24) is 9.55 Å². The number of nitrogens with two attached hydrogens (primary N) is 1. The summed E-state index contributed by atoms with van der Waals surface area (Å²) in [5.41, 5.74) is 7.27. The SMILES string of the molecule is NC(=S)C1(CC(=O)c2ccc(-n3ccnc3)cc2)CCC1. The molecule has 0 unspecified atom stereocenters. The van der Waals surface area contributed by atoms with E-state index in [1.165, 1.54) is 0 Å². The first-order valence-corrected chi connectivity index (χ1v) is 7.43. The second-order valence-corrected chi connectivity index (χ2v) is 6.05. The van der Waals surface area contributed by atoms with E-state index in [-0.39, 0.29) is 11.2 Å². The van der Waals surface area contributed by atoms with E-state index in [0.717, 1.165) is 24.9 Å². The first-order chi connectivity index (χ1) is 10.1. The molecule has 1 aliphatic carbocycles. The fraction of sp³-hybridized carbons (Fsp3) is 0.312. The predicted molar refractivity (Wildman–Crippen MR) is 85.6 cm³/mol. The number of thiocarbonyl (C=S) groups is 1. The summed E-state index contributed by atoms with van der Waals surface area (Å²) in [5.74, 6) is 0.111. The van der Waals surface area contributed by atoms with Gasteiger partial charge in [0.1, 0.15) is 0 Å². The summed E-state index contributed by atoms with van der Waals surface area (Å²) in [6.45, 7) is 0. The Kier molecular flexibility index (Phi) is 3.59. The van der Waals surface area contributed by atoms with Gasteiger partial charge in [-0.05, 0) is 37.1 Å². The molecule has 5 heteroatoms. The molecule has 1 saturated carbocycles. The molecule has 0 spiro atoms. The van der Waals surface area contributed by atoms with Gasteiger partial charge >= 0.3 is 0 Å². The van der Waals surface area contributed by atoms with E-state index in [1.54, 1.807) is 12.5 Å². The predicted octanol–water partition coefficient (Wildman–Crippen LogP) is 2.90. The van der Waals surface area contributed by atoms with Crippen molar-refractivity contribution in [2.75, 3.05) is 0 Å². The van der Waals surface area contributed by atoms with Crippen molar-refractivity contribution in [1.29, 1.82) is 0 Å². The summed E-state index contributed by atoms with van der Waals surface area (Å²) < 4.78 is 1.90. The Morgan fingerprint density at radius 1 is 1.33 bits per heavy atom. The van der Waals surface area contributed by atoms with Gasteiger partial charge in [0.15, 0.2) is 5.78 Å². The van der Waals surface area contributed by atoms with Crippen LogP contribution in [0.3, 0.4) is 0 Å². The summed E-state index contributed by atoms with van der Waals surface area (Å²) >= 11 is 5.14. The number of aromatic nitrogens is 2. The largest absolute Gasteiger partial charge is 0.393 e. The molecule has 0 atom stereocenters. The Balaban J connectivity index is 1.75. The summed E-state index contributed by atoms with van der Waals surface area (Å²) in [6, 6.07) is 7.54. The third kappa shape index (κ3) is 2.61. The summed E-state index contributed by atoms with van der Waals surface area (Å²) in [4.78, 5) is 16.9. The first kappa shape index (κ1) is 13.9. The Morgan fingerprint density at radius 3 is 2.52 bits per heavy atom. The molecule has 0 amide bonds. The van der Waals surface area contributed by atoms with Gasteiger partial charge in [0.05, 0.1) is 11.3 Å². The summed E-state index contributed by atoms with van der Waals surface area (Å²) in [5, 5.41) is 0. The molecule has 4 nitrogen and oxygen atoms in total. The minimum atomic E-state index is -0.241. The zero-order valence-corrected chi connectivity index (χ0v) is 12.5. The Hall–Kier alpha value is -2.01. The second kappa shape index (κ2) is 5.41. The van der Waals surface area contributed by atoms with E-state index >= 15 is 0 Å². The minimum Gasteiger partial charge on any atom is -0.393 e. The van der Waals surface area contributed by atoms with E-state index in [2.05, 4.69) is 4.98 Å². The van der Waals surface area contributed by atoms with Crippen LogP contribution in [0.15, 0.2) is 43.0 Å². The normalized spacial score (nSPS) is 16.2. The van der Waals surface area contributed by atoms with Gasteiger partial charge in [0.2, 0.25) is 0 Å². The van der Waals surface area contributed by atoms with E-state index < -0.39 is 0 Å². The van der Waals surface area contributed by atoms with Crippen molar-refractivity contribution < 1.29 is 4.79 Å². The quantitative estimate of drug-likeness (QED) is 0.681. The van der Waals surface area contributed by atoms with Gasteiger partial charge < -0.3 is 10.3 Å². The van der Waals surface area contributed by atoms with Crippen LogP contribution in [0.2, 0.25) is 0 Å². The van der Waals surface area contributed by atoms with Crippen LogP contribution in [0, 0.1) is 5.41 Å². The van der Waals surface area contributed by atoms with Gasteiger partial charge in [-0.3, -0.25) is 4.79 Å². The number of benzene rings is 1. The Morgan fingerprint density at radius 2 is 2.05 bits per heavy atom. The van der Waals surface area contributed by atoms with Gasteiger partial charge in [-0.25, -0.2) is 4.98 Å². The van der Waals surface area contributed by atoms with Crippen LogP contribution in [0.25, 0.3) is 5.69 Å². The highest BCUT2D eigenvalue weighted by Gasteiger charge is 2.41. The molecule has 3 rings (SSSR count). The van der Waals surface area contributed by atoms with Crippen LogP contribution in [0.5, 0.6) is 0 Å². The number of Topliss-reactive ketones (excluding diaryl/α,β-unsaturated/α-hetero) is 1. The number of hydrogen-bond donors (Lipinski definition) is 1. The topological polar surface area (TPSA) is 60.9 Å². The van der Waals surface area contributed by atoms with Crippen molar-refractivity contribution in [3.8, 4) is 5.69 Å². The van der Waals surface area contributed by atoms with Crippen LogP contribution in [-0.4, -0.2) is 20.3 Å². The molecule has 0 aliphatic heterocycles. The molecule has 0 saturated heterocycles. The molecule has 21 heavy (non-hydrogen) atoms. The Bertz CT molecular complexity index is 657. The molecule has 1 heterocycles. The maximum absolute atomic E-state index is 12.4. The van der Waals surface area contributed by atoms with Crippen molar-refractivity contribution >= 4 is 23.0 Å².